The highest BCUT2D eigenvalue weighted by molar-refractivity contribution is 5.74. The van der Waals surface area contributed by atoms with Crippen LogP contribution in [0.2, 0.25) is 0 Å². The summed E-state index contributed by atoms with van der Waals surface area (Å²) in [6.45, 7) is 13.3. The Morgan fingerprint density at radius 1 is 1.24 bits per heavy atom. The maximum Gasteiger partial charge on any atom is 0.410 e. The molecule has 1 rings (SSSR count). The fourth-order valence-electron chi connectivity index (χ4n) is 2.73. The molecule has 0 aromatic heterocycles. The topological polar surface area (TPSA) is 55.8 Å². The summed E-state index contributed by atoms with van der Waals surface area (Å²) >= 11 is 0. The molecule has 1 atom stereocenters. The number of carbonyl (C=O) groups is 2. The van der Waals surface area contributed by atoms with Gasteiger partial charge in [0.15, 0.2) is 6.04 Å². The van der Waals surface area contributed by atoms with Gasteiger partial charge in [-0.25, -0.2) is 9.59 Å². The molecule has 0 radical (unpaired) electrons. The highest BCUT2D eigenvalue weighted by Gasteiger charge is 2.42. The van der Waals surface area contributed by atoms with Crippen LogP contribution in [0.5, 0.6) is 0 Å². The van der Waals surface area contributed by atoms with Crippen LogP contribution in [0.4, 0.5) is 4.79 Å². The lowest BCUT2D eigenvalue weighted by molar-refractivity contribution is -0.939. The maximum atomic E-state index is 12.1. The van der Waals surface area contributed by atoms with Crippen molar-refractivity contribution in [2.45, 2.75) is 26.8 Å². The summed E-state index contributed by atoms with van der Waals surface area (Å²) in [6.07, 6.45) is 1.55. The third kappa shape index (κ3) is 4.20. The first-order chi connectivity index (χ1) is 10.0. The first-order valence-corrected chi connectivity index (χ1v) is 7.55. The molecule has 6 nitrogen and oxygen atoms in total. The van der Waals surface area contributed by atoms with Crippen molar-refractivity contribution in [3.8, 4) is 0 Å². The van der Waals surface area contributed by atoms with Crippen molar-refractivity contribution in [1.82, 2.24) is 4.90 Å². The Balaban J connectivity index is 2.74. The van der Waals surface area contributed by atoms with Gasteiger partial charge in [-0.3, -0.25) is 4.90 Å². The van der Waals surface area contributed by atoms with Crippen molar-refractivity contribution >= 4 is 12.1 Å². The molecule has 1 aliphatic heterocycles. The number of rotatable bonds is 6. The molecule has 0 spiro atoms. The van der Waals surface area contributed by atoms with E-state index in [2.05, 4.69) is 6.58 Å². The number of ether oxygens (including phenoxy) is 2. The Bertz CT molecular complexity index is 376. The highest BCUT2D eigenvalue weighted by atomic mass is 16.6. The van der Waals surface area contributed by atoms with Crippen LogP contribution in [0.15, 0.2) is 12.7 Å². The Hall–Kier alpha value is -1.56. The fourth-order valence-corrected chi connectivity index (χ4v) is 2.73. The van der Waals surface area contributed by atoms with E-state index in [0.29, 0.717) is 50.4 Å². The number of esters is 1. The number of hydrogen-bond donors (Lipinski definition) is 0. The molecule has 120 valence electrons. The zero-order valence-corrected chi connectivity index (χ0v) is 13.3. The summed E-state index contributed by atoms with van der Waals surface area (Å²) in [5.74, 6) is -0.191. The summed E-state index contributed by atoms with van der Waals surface area (Å²) in [5, 5.41) is 0. The lowest BCUT2D eigenvalue weighted by Crippen LogP contribution is -2.66. The van der Waals surface area contributed by atoms with Crippen molar-refractivity contribution in [2.75, 3.05) is 45.9 Å². The number of amides is 1. The van der Waals surface area contributed by atoms with Gasteiger partial charge in [0.05, 0.1) is 45.9 Å². The van der Waals surface area contributed by atoms with Crippen LogP contribution in [0, 0.1) is 0 Å². The van der Waals surface area contributed by atoms with E-state index in [-0.39, 0.29) is 18.1 Å². The summed E-state index contributed by atoms with van der Waals surface area (Å²) in [4.78, 5) is 25.5. The minimum absolute atomic E-state index is 0.191. The van der Waals surface area contributed by atoms with E-state index < -0.39 is 0 Å². The van der Waals surface area contributed by atoms with Gasteiger partial charge < -0.3 is 14.0 Å². The summed E-state index contributed by atoms with van der Waals surface area (Å²) < 4.78 is 10.8. The molecule has 0 aromatic carbocycles. The molecule has 0 aliphatic carbocycles. The SMILES string of the molecule is C=CC[N+]1(C(C)C(=O)OCC)CCN(C(=O)OCC)CC1. The largest absolute Gasteiger partial charge is 0.462 e. The predicted molar refractivity (Wildman–Crippen MR) is 79.7 cm³/mol. The van der Waals surface area contributed by atoms with Crippen molar-refractivity contribution in [2.24, 2.45) is 0 Å². The van der Waals surface area contributed by atoms with E-state index in [4.69, 9.17) is 9.47 Å². The van der Waals surface area contributed by atoms with Gasteiger partial charge in [-0.05, 0) is 26.8 Å². The second-order valence-corrected chi connectivity index (χ2v) is 5.25. The van der Waals surface area contributed by atoms with E-state index in [1.54, 1.807) is 18.7 Å². The third-order valence-corrected chi connectivity index (χ3v) is 4.10. The van der Waals surface area contributed by atoms with Gasteiger partial charge in [0, 0.05) is 0 Å². The van der Waals surface area contributed by atoms with Gasteiger partial charge in [-0.2, -0.15) is 0 Å². The Labute approximate surface area is 126 Å². The zero-order chi connectivity index (χ0) is 15.9. The Kier molecular flexibility index (Phi) is 6.68. The molecule has 1 amide bonds. The van der Waals surface area contributed by atoms with Crippen molar-refractivity contribution in [3.63, 3.8) is 0 Å². The Morgan fingerprint density at radius 2 is 1.81 bits per heavy atom. The lowest BCUT2D eigenvalue weighted by atomic mass is 10.1. The van der Waals surface area contributed by atoms with Crippen molar-refractivity contribution in [3.05, 3.63) is 12.7 Å². The summed E-state index contributed by atoms with van der Waals surface area (Å²) in [5.41, 5.74) is 0. The molecule has 1 aliphatic rings. The minimum Gasteiger partial charge on any atom is -0.462 e. The monoisotopic (exact) mass is 299 g/mol. The van der Waals surface area contributed by atoms with E-state index in [9.17, 15) is 9.59 Å². The average molecular weight is 299 g/mol. The quantitative estimate of drug-likeness (QED) is 0.423. The predicted octanol–water partition coefficient (Wildman–Crippen LogP) is 1.41. The smallest absolute Gasteiger partial charge is 0.410 e. The molecule has 0 N–H and O–H groups in total. The van der Waals surface area contributed by atoms with Crippen LogP contribution in [0.1, 0.15) is 20.8 Å². The standard InChI is InChI=1S/C15H27N2O4/c1-5-10-17(13(4)14(18)20-6-2)11-8-16(9-12-17)15(19)21-7-3/h5,13H,1,6-12H2,2-4H3/q+1. The molecular formula is C15H27N2O4+. The normalized spacial score (nSPS) is 18.7. The van der Waals surface area contributed by atoms with Crippen LogP contribution in [-0.4, -0.2) is 73.4 Å². The molecule has 6 heteroatoms. The van der Waals surface area contributed by atoms with Crippen LogP contribution in [0.25, 0.3) is 0 Å². The fraction of sp³-hybridized carbons (Fsp3) is 0.733. The molecule has 1 fully saturated rings. The summed E-state index contributed by atoms with van der Waals surface area (Å²) in [7, 11) is 0. The number of piperazine rings is 1. The van der Waals surface area contributed by atoms with Crippen LogP contribution in [0.3, 0.4) is 0 Å². The lowest BCUT2D eigenvalue weighted by Gasteiger charge is -2.46. The number of nitrogens with zero attached hydrogens (tertiary/aromatic N) is 2. The van der Waals surface area contributed by atoms with Gasteiger partial charge >= 0.3 is 12.1 Å². The van der Waals surface area contributed by atoms with Gasteiger partial charge in [-0.1, -0.05) is 6.58 Å². The molecule has 0 bridgehead atoms. The second kappa shape index (κ2) is 8.02. The second-order valence-electron chi connectivity index (χ2n) is 5.25. The number of hydrogen-bond acceptors (Lipinski definition) is 4. The first-order valence-electron chi connectivity index (χ1n) is 7.55. The molecule has 1 heterocycles. The highest BCUT2D eigenvalue weighted by Crippen LogP contribution is 2.20. The maximum absolute atomic E-state index is 12.1. The molecule has 1 unspecified atom stereocenters. The average Bonchev–Trinajstić information content (AvgIpc) is 2.48. The van der Waals surface area contributed by atoms with Crippen molar-refractivity contribution in [1.29, 1.82) is 0 Å². The van der Waals surface area contributed by atoms with E-state index >= 15 is 0 Å². The molecule has 21 heavy (non-hydrogen) atoms. The number of quaternary nitrogens is 1. The molecule has 1 saturated heterocycles. The van der Waals surface area contributed by atoms with E-state index in [1.165, 1.54) is 0 Å². The Morgan fingerprint density at radius 3 is 2.29 bits per heavy atom. The molecule has 0 aromatic rings. The third-order valence-electron chi connectivity index (χ3n) is 4.10. The van der Waals surface area contributed by atoms with Gasteiger partial charge in [0.25, 0.3) is 0 Å². The minimum atomic E-state index is -0.280. The molecular weight excluding hydrogens is 272 g/mol. The van der Waals surface area contributed by atoms with Crippen LogP contribution in [-0.2, 0) is 14.3 Å². The zero-order valence-electron chi connectivity index (χ0n) is 13.3. The van der Waals surface area contributed by atoms with Crippen LogP contribution < -0.4 is 0 Å². The van der Waals surface area contributed by atoms with Crippen LogP contribution >= 0.6 is 0 Å². The van der Waals surface area contributed by atoms with Crippen molar-refractivity contribution < 1.29 is 23.5 Å². The number of carbonyl (C=O) groups excluding carboxylic acids is 2. The first kappa shape index (κ1) is 17.5. The van der Waals surface area contributed by atoms with Gasteiger partial charge in [-0.15, -0.1) is 0 Å². The summed E-state index contributed by atoms with van der Waals surface area (Å²) in [6, 6.07) is -0.257. The van der Waals surface area contributed by atoms with Gasteiger partial charge in [0.1, 0.15) is 0 Å². The van der Waals surface area contributed by atoms with E-state index in [0.717, 1.165) is 0 Å². The molecule has 0 saturated carbocycles. The van der Waals surface area contributed by atoms with E-state index in [1.807, 2.05) is 13.0 Å². The van der Waals surface area contributed by atoms with Gasteiger partial charge in [0.2, 0.25) is 0 Å².